The molecule has 1 aromatic rings. The maximum Gasteiger partial charge on any atom is 0.409 e. The van der Waals surface area contributed by atoms with Crippen molar-refractivity contribution in [1.82, 2.24) is 15.4 Å². The predicted octanol–water partition coefficient (Wildman–Crippen LogP) is 1.04. The van der Waals surface area contributed by atoms with E-state index in [0.29, 0.717) is 6.54 Å². The van der Waals surface area contributed by atoms with E-state index in [1.807, 2.05) is 30.3 Å². The van der Waals surface area contributed by atoms with E-state index in [-0.39, 0.29) is 24.0 Å². The number of ether oxygens (including phenoxy) is 1. The van der Waals surface area contributed by atoms with Gasteiger partial charge in [0, 0.05) is 12.5 Å². The van der Waals surface area contributed by atoms with Gasteiger partial charge in [-0.1, -0.05) is 51.1 Å². The molecule has 1 aliphatic rings. The average Bonchev–Trinajstić information content (AvgIpc) is 2.75. The van der Waals surface area contributed by atoms with Crippen LogP contribution < -0.4 is 15.4 Å². The maximum atomic E-state index is 12.6. The fourth-order valence-corrected chi connectivity index (χ4v) is 3.81. The van der Waals surface area contributed by atoms with E-state index in [1.165, 1.54) is 14.0 Å². The van der Waals surface area contributed by atoms with Crippen molar-refractivity contribution in [3.63, 3.8) is 0 Å². The summed E-state index contributed by atoms with van der Waals surface area (Å²) in [7, 11) is -2.60. The quantitative estimate of drug-likeness (QED) is 0.313. The third-order valence-corrected chi connectivity index (χ3v) is 5.78. The largest absolute Gasteiger partial charge is 0.481 e. The molecule has 0 saturated carbocycles. The predicted molar refractivity (Wildman–Crippen MR) is 134 cm³/mol. The lowest BCUT2D eigenvalue weighted by atomic mass is 9.92. The summed E-state index contributed by atoms with van der Waals surface area (Å²) in [5.74, 6) is -2.79. The normalized spacial score (nSPS) is 15.9. The van der Waals surface area contributed by atoms with Gasteiger partial charge in [-0.2, -0.15) is 8.42 Å². The van der Waals surface area contributed by atoms with Crippen LogP contribution in [0.4, 0.5) is 0 Å². The number of esters is 1. The van der Waals surface area contributed by atoms with Crippen molar-refractivity contribution in [2.24, 2.45) is 5.41 Å². The summed E-state index contributed by atoms with van der Waals surface area (Å²) < 4.78 is 31.6. The van der Waals surface area contributed by atoms with Crippen LogP contribution in [0.3, 0.4) is 0 Å². The minimum atomic E-state index is -3.85. The first-order chi connectivity index (χ1) is 17.1. The van der Waals surface area contributed by atoms with E-state index in [1.54, 1.807) is 4.72 Å². The number of rotatable bonds is 10. The molecular formula is C24H35N3O9S. The van der Waals surface area contributed by atoms with Crippen LogP contribution in [0.1, 0.15) is 46.1 Å². The fourth-order valence-electron chi connectivity index (χ4n) is 3.07. The zero-order valence-corrected chi connectivity index (χ0v) is 22.4. The SMILES string of the molecule is CC1=CC(=O)NS(=O)(=O)O1.COC(=O)[C@H](Cc1ccccc1)NC(=O)[C@H](CC(=O)O)NCCC(C)(C)C. The number of amides is 2. The minimum absolute atomic E-state index is 0.0547. The number of carbonyl (C=O) groups is 4. The second-order valence-corrected chi connectivity index (χ2v) is 10.7. The van der Waals surface area contributed by atoms with Crippen LogP contribution in [0.15, 0.2) is 42.2 Å². The highest BCUT2D eigenvalue weighted by Gasteiger charge is 2.28. The molecule has 2 rings (SSSR count). The number of carbonyl (C=O) groups excluding carboxylic acids is 3. The van der Waals surface area contributed by atoms with Crippen LogP contribution in [0.25, 0.3) is 0 Å². The monoisotopic (exact) mass is 541 g/mol. The van der Waals surface area contributed by atoms with Crippen molar-refractivity contribution in [1.29, 1.82) is 0 Å². The number of hydrogen-bond acceptors (Lipinski definition) is 9. The summed E-state index contributed by atoms with van der Waals surface area (Å²) in [6.07, 6.45) is 1.73. The minimum Gasteiger partial charge on any atom is -0.481 e. The number of nitrogens with one attached hydrogen (secondary N) is 3. The third kappa shape index (κ3) is 13.4. The fraction of sp³-hybridized carbons (Fsp3) is 0.500. The van der Waals surface area contributed by atoms with Gasteiger partial charge in [0.1, 0.15) is 11.8 Å². The van der Waals surface area contributed by atoms with Gasteiger partial charge in [0.05, 0.1) is 19.6 Å². The van der Waals surface area contributed by atoms with Crippen LogP contribution in [0.2, 0.25) is 0 Å². The Hall–Kier alpha value is -3.45. The van der Waals surface area contributed by atoms with Gasteiger partial charge in [0.2, 0.25) is 5.91 Å². The Morgan fingerprint density at radius 3 is 2.24 bits per heavy atom. The Labute approximate surface area is 217 Å². The summed E-state index contributed by atoms with van der Waals surface area (Å²) in [4.78, 5) is 46.3. The molecule has 0 bridgehead atoms. The zero-order chi connectivity index (χ0) is 28.2. The van der Waals surface area contributed by atoms with Gasteiger partial charge in [-0.05, 0) is 30.9 Å². The van der Waals surface area contributed by atoms with Crippen molar-refractivity contribution in [3.8, 4) is 0 Å². The molecule has 0 aromatic heterocycles. The van der Waals surface area contributed by atoms with Crippen molar-refractivity contribution in [2.75, 3.05) is 13.7 Å². The molecule has 0 spiro atoms. The summed E-state index contributed by atoms with van der Waals surface area (Å²) in [6.45, 7) is 8.07. The molecule has 0 fully saturated rings. The first kappa shape index (κ1) is 31.6. The van der Waals surface area contributed by atoms with Crippen molar-refractivity contribution in [2.45, 2.75) is 59.0 Å². The molecule has 1 aromatic carbocycles. The van der Waals surface area contributed by atoms with Gasteiger partial charge in [-0.3, -0.25) is 14.4 Å². The standard InChI is InChI=1S/C20H30N2O5.C4H5NO4S/c1-20(2,3)10-11-21-15(13-17(23)24)18(25)22-16(19(26)27-4)12-14-8-6-5-7-9-14;1-3-2-4(6)5-10(7,8)9-3/h5-9,15-16,21H,10-13H2,1-4H3,(H,22,25)(H,23,24);2H,1H3,(H,5,6)/t15-,16-;/m0./s1. The van der Waals surface area contributed by atoms with Crippen molar-refractivity contribution < 1.29 is 41.6 Å². The second kappa shape index (κ2) is 14.3. The van der Waals surface area contributed by atoms with E-state index < -0.39 is 46.1 Å². The van der Waals surface area contributed by atoms with E-state index in [2.05, 4.69) is 35.6 Å². The number of carboxylic acids is 1. The van der Waals surface area contributed by atoms with E-state index in [0.717, 1.165) is 18.1 Å². The van der Waals surface area contributed by atoms with Crippen molar-refractivity contribution >= 4 is 34.1 Å². The van der Waals surface area contributed by atoms with Crippen LogP contribution in [-0.4, -0.2) is 63.0 Å². The summed E-state index contributed by atoms with van der Waals surface area (Å²) in [5.41, 5.74) is 0.919. The average molecular weight is 542 g/mol. The van der Waals surface area contributed by atoms with E-state index in [4.69, 9.17) is 9.84 Å². The Morgan fingerprint density at radius 2 is 1.76 bits per heavy atom. The number of benzene rings is 1. The molecular weight excluding hydrogens is 506 g/mol. The lowest BCUT2D eigenvalue weighted by Crippen LogP contribution is -2.52. The van der Waals surface area contributed by atoms with Crippen LogP contribution in [-0.2, 0) is 44.8 Å². The van der Waals surface area contributed by atoms with Gasteiger partial charge in [0.25, 0.3) is 5.91 Å². The van der Waals surface area contributed by atoms with Gasteiger partial charge in [-0.25, -0.2) is 9.52 Å². The maximum absolute atomic E-state index is 12.6. The molecule has 0 saturated heterocycles. The molecule has 1 heterocycles. The van der Waals surface area contributed by atoms with Gasteiger partial charge in [-0.15, -0.1) is 0 Å². The van der Waals surface area contributed by atoms with E-state index in [9.17, 15) is 27.6 Å². The lowest BCUT2D eigenvalue weighted by Gasteiger charge is -2.23. The molecule has 206 valence electrons. The molecule has 12 nitrogen and oxygen atoms in total. The Bertz CT molecular complexity index is 1080. The van der Waals surface area contributed by atoms with Gasteiger partial charge in [0.15, 0.2) is 0 Å². The van der Waals surface area contributed by atoms with E-state index >= 15 is 0 Å². The molecule has 0 radical (unpaired) electrons. The molecule has 0 unspecified atom stereocenters. The number of aliphatic carboxylic acids is 1. The zero-order valence-electron chi connectivity index (χ0n) is 21.6. The van der Waals surface area contributed by atoms with Crippen molar-refractivity contribution in [3.05, 3.63) is 47.7 Å². The molecule has 2 amide bonds. The van der Waals surface area contributed by atoms with Crippen LogP contribution >= 0.6 is 0 Å². The smallest absolute Gasteiger partial charge is 0.409 e. The van der Waals surface area contributed by atoms with Gasteiger partial charge >= 0.3 is 22.2 Å². The van der Waals surface area contributed by atoms with Crippen LogP contribution in [0, 0.1) is 5.41 Å². The Balaban J connectivity index is 0.000000568. The molecule has 4 N–H and O–H groups in total. The number of carboxylic acid groups (broad SMARTS) is 1. The molecule has 2 atom stereocenters. The Morgan fingerprint density at radius 1 is 1.14 bits per heavy atom. The lowest BCUT2D eigenvalue weighted by molar-refractivity contribution is -0.145. The van der Waals surface area contributed by atoms with Crippen LogP contribution in [0.5, 0.6) is 0 Å². The Kier molecular flexibility index (Phi) is 12.2. The first-order valence-electron chi connectivity index (χ1n) is 11.4. The highest BCUT2D eigenvalue weighted by molar-refractivity contribution is 7.85. The number of methoxy groups -OCH3 is 1. The molecule has 0 aliphatic carbocycles. The highest BCUT2D eigenvalue weighted by Crippen LogP contribution is 2.17. The second-order valence-electron chi connectivity index (χ2n) is 9.45. The topological polar surface area (TPSA) is 177 Å². The number of hydrogen-bond donors (Lipinski definition) is 4. The molecule has 37 heavy (non-hydrogen) atoms. The molecule has 13 heteroatoms. The van der Waals surface area contributed by atoms with Gasteiger partial charge < -0.3 is 24.7 Å². The summed E-state index contributed by atoms with van der Waals surface area (Å²) in [6, 6.07) is 7.42. The highest BCUT2D eigenvalue weighted by atomic mass is 32.2. The molecule has 1 aliphatic heterocycles. The summed E-state index contributed by atoms with van der Waals surface area (Å²) in [5, 5.41) is 14.7. The third-order valence-electron chi connectivity index (χ3n) is 4.85. The first-order valence-corrected chi connectivity index (χ1v) is 12.8. The number of allylic oxidation sites excluding steroid dienone is 1. The summed E-state index contributed by atoms with van der Waals surface area (Å²) >= 11 is 0.